The average molecular weight is 240 g/mol. The minimum atomic E-state index is -0.890. The highest BCUT2D eigenvalue weighted by Crippen LogP contribution is 2.24. The maximum atomic E-state index is 11.9. The molecule has 1 aliphatic carbocycles. The standard InChI is InChI=1S/C12H20N2O3/c15-11(16)10-6-3-7-14(10)12(17)13-8-9-4-1-2-5-9/h9-10H,1-8H2,(H,13,17)(H,15,16). The predicted octanol–water partition coefficient (Wildman–Crippen LogP) is 1.44. The molecule has 2 aliphatic rings. The molecule has 2 N–H and O–H groups in total. The Labute approximate surface area is 101 Å². The van der Waals surface area contributed by atoms with Crippen molar-refractivity contribution in [1.29, 1.82) is 0 Å². The number of amides is 2. The minimum absolute atomic E-state index is 0.207. The molecule has 0 aromatic rings. The summed E-state index contributed by atoms with van der Waals surface area (Å²) in [6.45, 7) is 1.26. The lowest BCUT2D eigenvalue weighted by atomic mass is 10.1. The third-order valence-electron chi connectivity index (χ3n) is 3.82. The molecule has 17 heavy (non-hydrogen) atoms. The van der Waals surface area contributed by atoms with Gasteiger partial charge in [-0.1, -0.05) is 12.8 Å². The fourth-order valence-corrected chi connectivity index (χ4v) is 2.81. The monoisotopic (exact) mass is 240 g/mol. The zero-order valence-corrected chi connectivity index (χ0v) is 10.0. The van der Waals surface area contributed by atoms with Crippen molar-refractivity contribution in [1.82, 2.24) is 10.2 Å². The predicted molar refractivity (Wildman–Crippen MR) is 62.7 cm³/mol. The lowest BCUT2D eigenvalue weighted by Crippen LogP contribution is -2.46. The molecule has 1 saturated heterocycles. The van der Waals surface area contributed by atoms with E-state index in [1.165, 1.54) is 30.6 Å². The van der Waals surface area contributed by atoms with Crippen molar-refractivity contribution in [2.45, 2.75) is 44.6 Å². The summed E-state index contributed by atoms with van der Waals surface area (Å²) in [5.74, 6) is -0.302. The highest BCUT2D eigenvalue weighted by atomic mass is 16.4. The van der Waals surface area contributed by atoms with Gasteiger partial charge in [0.2, 0.25) is 0 Å². The van der Waals surface area contributed by atoms with Gasteiger partial charge in [-0.05, 0) is 31.6 Å². The third-order valence-corrected chi connectivity index (χ3v) is 3.82. The Hall–Kier alpha value is -1.26. The van der Waals surface area contributed by atoms with E-state index in [4.69, 9.17) is 5.11 Å². The SMILES string of the molecule is O=C(O)C1CCCN1C(=O)NCC1CCCC1. The van der Waals surface area contributed by atoms with Crippen LogP contribution < -0.4 is 5.32 Å². The highest BCUT2D eigenvalue weighted by Gasteiger charge is 2.34. The van der Waals surface area contributed by atoms with Gasteiger partial charge in [0.05, 0.1) is 0 Å². The summed E-state index contributed by atoms with van der Waals surface area (Å²) in [4.78, 5) is 24.3. The number of aliphatic carboxylic acids is 1. The maximum Gasteiger partial charge on any atom is 0.326 e. The maximum absolute atomic E-state index is 11.9. The summed E-state index contributed by atoms with van der Waals surface area (Å²) in [5, 5.41) is 11.9. The molecule has 1 unspecified atom stereocenters. The van der Waals surface area contributed by atoms with Crippen molar-refractivity contribution in [3.05, 3.63) is 0 Å². The van der Waals surface area contributed by atoms with Crippen LogP contribution in [-0.4, -0.2) is 41.1 Å². The molecule has 1 aliphatic heterocycles. The zero-order chi connectivity index (χ0) is 12.3. The van der Waals surface area contributed by atoms with Gasteiger partial charge in [-0.2, -0.15) is 0 Å². The highest BCUT2D eigenvalue weighted by molar-refractivity contribution is 5.83. The number of hydrogen-bond donors (Lipinski definition) is 2. The molecule has 5 heteroatoms. The average Bonchev–Trinajstić information content (AvgIpc) is 2.96. The zero-order valence-electron chi connectivity index (χ0n) is 10.0. The van der Waals surface area contributed by atoms with E-state index < -0.39 is 12.0 Å². The summed E-state index contributed by atoms with van der Waals surface area (Å²) in [6, 6.07) is -0.833. The second-order valence-electron chi connectivity index (χ2n) is 5.03. The summed E-state index contributed by atoms with van der Waals surface area (Å²) in [5.41, 5.74) is 0. The van der Waals surface area contributed by atoms with E-state index in [1.54, 1.807) is 0 Å². The van der Waals surface area contributed by atoms with Crippen molar-refractivity contribution in [3.63, 3.8) is 0 Å². The van der Waals surface area contributed by atoms with Gasteiger partial charge in [-0.25, -0.2) is 9.59 Å². The number of rotatable bonds is 3. The number of hydrogen-bond acceptors (Lipinski definition) is 2. The number of carboxylic acid groups (broad SMARTS) is 1. The fourth-order valence-electron chi connectivity index (χ4n) is 2.81. The van der Waals surface area contributed by atoms with Gasteiger partial charge in [0.15, 0.2) is 0 Å². The molecule has 0 aromatic heterocycles. The van der Waals surface area contributed by atoms with Gasteiger partial charge in [-0.15, -0.1) is 0 Å². The Kier molecular flexibility index (Phi) is 3.86. The van der Waals surface area contributed by atoms with Crippen molar-refractivity contribution >= 4 is 12.0 Å². The quantitative estimate of drug-likeness (QED) is 0.784. The fraction of sp³-hybridized carbons (Fsp3) is 0.833. The first-order valence-corrected chi connectivity index (χ1v) is 6.46. The van der Waals surface area contributed by atoms with Gasteiger partial charge in [0, 0.05) is 13.1 Å². The van der Waals surface area contributed by atoms with E-state index in [0.29, 0.717) is 25.4 Å². The number of likely N-dealkylation sites (tertiary alicyclic amines) is 1. The number of nitrogens with zero attached hydrogens (tertiary/aromatic N) is 1. The van der Waals surface area contributed by atoms with Gasteiger partial charge in [0.25, 0.3) is 0 Å². The van der Waals surface area contributed by atoms with E-state index in [1.807, 2.05) is 0 Å². The third kappa shape index (κ3) is 2.90. The molecular weight excluding hydrogens is 220 g/mol. The molecule has 2 fully saturated rings. The Bertz CT molecular complexity index is 300. The number of carboxylic acids is 1. The van der Waals surface area contributed by atoms with E-state index in [9.17, 15) is 9.59 Å². The number of carbonyl (C=O) groups excluding carboxylic acids is 1. The Morgan fingerprint density at radius 1 is 1.18 bits per heavy atom. The lowest BCUT2D eigenvalue weighted by Gasteiger charge is -2.22. The van der Waals surface area contributed by atoms with Crippen LogP contribution in [-0.2, 0) is 4.79 Å². The van der Waals surface area contributed by atoms with Crippen LogP contribution in [0.1, 0.15) is 38.5 Å². The van der Waals surface area contributed by atoms with Crippen molar-refractivity contribution in [3.8, 4) is 0 Å². The molecule has 5 nitrogen and oxygen atoms in total. The summed E-state index contributed by atoms with van der Waals surface area (Å²) in [6.07, 6.45) is 6.23. The van der Waals surface area contributed by atoms with Crippen LogP contribution in [0, 0.1) is 5.92 Å². The van der Waals surface area contributed by atoms with Crippen LogP contribution in [0.15, 0.2) is 0 Å². The summed E-state index contributed by atoms with van der Waals surface area (Å²) >= 11 is 0. The van der Waals surface area contributed by atoms with Crippen LogP contribution in [0.5, 0.6) is 0 Å². The summed E-state index contributed by atoms with van der Waals surface area (Å²) in [7, 11) is 0. The van der Waals surface area contributed by atoms with Crippen LogP contribution in [0.4, 0.5) is 4.79 Å². The second kappa shape index (κ2) is 5.38. The number of urea groups is 1. The molecule has 0 aromatic carbocycles. The van der Waals surface area contributed by atoms with Crippen molar-refractivity contribution in [2.75, 3.05) is 13.1 Å². The smallest absolute Gasteiger partial charge is 0.326 e. The van der Waals surface area contributed by atoms with E-state index in [-0.39, 0.29) is 6.03 Å². The minimum Gasteiger partial charge on any atom is -0.480 e. The molecule has 1 saturated carbocycles. The van der Waals surface area contributed by atoms with Gasteiger partial charge in [0.1, 0.15) is 6.04 Å². The number of nitrogens with one attached hydrogen (secondary N) is 1. The largest absolute Gasteiger partial charge is 0.480 e. The first-order chi connectivity index (χ1) is 8.18. The van der Waals surface area contributed by atoms with Crippen LogP contribution in [0.3, 0.4) is 0 Å². The van der Waals surface area contributed by atoms with Gasteiger partial charge >= 0.3 is 12.0 Å². The van der Waals surface area contributed by atoms with Gasteiger partial charge < -0.3 is 15.3 Å². The van der Waals surface area contributed by atoms with Crippen LogP contribution in [0.25, 0.3) is 0 Å². The number of carbonyl (C=O) groups is 2. The van der Waals surface area contributed by atoms with E-state index >= 15 is 0 Å². The van der Waals surface area contributed by atoms with Gasteiger partial charge in [-0.3, -0.25) is 0 Å². The van der Waals surface area contributed by atoms with E-state index in [2.05, 4.69) is 5.32 Å². The Morgan fingerprint density at radius 2 is 1.88 bits per heavy atom. The first-order valence-electron chi connectivity index (χ1n) is 6.46. The molecule has 0 radical (unpaired) electrons. The normalized spacial score (nSPS) is 25.2. The second-order valence-corrected chi connectivity index (χ2v) is 5.03. The molecule has 1 heterocycles. The van der Waals surface area contributed by atoms with Crippen molar-refractivity contribution in [2.24, 2.45) is 5.92 Å². The lowest BCUT2D eigenvalue weighted by molar-refractivity contribution is -0.141. The molecule has 1 atom stereocenters. The summed E-state index contributed by atoms with van der Waals surface area (Å²) < 4.78 is 0. The molecule has 0 spiro atoms. The molecule has 2 amide bonds. The Balaban J connectivity index is 1.80. The first kappa shape index (κ1) is 12.2. The van der Waals surface area contributed by atoms with E-state index in [0.717, 1.165) is 6.42 Å². The van der Waals surface area contributed by atoms with Crippen molar-refractivity contribution < 1.29 is 14.7 Å². The molecule has 0 bridgehead atoms. The topological polar surface area (TPSA) is 69.6 Å². The van der Waals surface area contributed by atoms with Crippen LogP contribution in [0.2, 0.25) is 0 Å². The van der Waals surface area contributed by atoms with Crippen LogP contribution >= 0.6 is 0 Å². The molecular formula is C12H20N2O3. The molecule has 2 rings (SSSR count). The molecule has 96 valence electrons. The Morgan fingerprint density at radius 3 is 2.53 bits per heavy atom.